The molecule has 1 amide bonds. The summed E-state index contributed by atoms with van der Waals surface area (Å²) in [6.07, 6.45) is 0. The summed E-state index contributed by atoms with van der Waals surface area (Å²) in [5.41, 5.74) is 7.89. The van der Waals surface area contributed by atoms with Crippen LogP contribution in [-0.4, -0.2) is 20.0 Å². The van der Waals surface area contributed by atoms with Gasteiger partial charge >= 0.3 is 0 Å². The van der Waals surface area contributed by atoms with Crippen LogP contribution in [0.4, 0.5) is 17.1 Å². The van der Waals surface area contributed by atoms with Crippen molar-refractivity contribution in [2.24, 2.45) is 0 Å². The van der Waals surface area contributed by atoms with Crippen molar-refractivity contribution in [2.75, 3.05) is 30.0 Å². The van der Waals surface area contributed by atoms with Crippen molar-refractivity contribution in [3.63, 3.8) is 0 Å². The summed E-state index contributed by atoms with van der Waals surface area (Å²) in [7, 11) is 3.69. The van der Waals surface area contributed by atoms with E-state index in [0.29, 0.717) is 26.4 Å². The Kier molecular flexibility index (Phi) is 5.06. The monoisotopic (exact) mass is 357 g/mol. The van der Waals surface area contributed by atoms with Gasteiger partial charge in [0.05, 0.1) is 32.7 Å². The van der Waals surface area contributed by atoms with E-state index < -0.39 is 5.91 Å². The summed E-state index contributed by atoms with van der Waals surface area (Å²) in [5, 5.41) is 3.79. The lowest BCUT2D eigenvalue weighted by molar-refractivity contribution is 0.102. The molecule has 0 unspecified atom stereocenters. The lowest BCUT2D eigenvalue weighted by atomic mass is 10.2. The zero-order valence-corrected chi connectivity index (χ0v) is 14.2. The van der Waals surface area contributed by atoms with E-state index in [1.807, 2.05) is 19.0 Å². The number of hydrogen-bond donors (Lipinski definition) is 2. The molecule has 0 aliphatic rings. The van der Waals surface area contributed by atoms with Gasteiger partial charge in [0.15, 0.2) is 0 Å². The lowest BCUT2D eigenvalue weighted by Crippen LogP contribution is -2.15. The van der Waals surface area contributed by atoms with Crippen LogP contribution in [0.25, 0.3) is 0 Å². The Morgan fingerprint density at radius 3 is 2.41 bits per heavy atom. The van der Waals surface area contributed by atoms with Gasteiger partial charge in [-0.2, -0.15) is 0 Å². The minimum atomic E-state index is -0.399. The molecule has 0 atom stereocenters. The van der Waals surface area contributed by atoms with Crippen LogP contribution in [0.2, 0.25) is 15.1 Å². The van der Waals surface area contributed by atoms with Crippen LogP contribution in [0.15, 0.2) is 30.3 Å². The number of nitrogen functional groups attached to an aromatic ring is 1. The number of carbonyl (C=O) groups excluding carboxylic acids is 1. The molecular weight excluding hydrogens is 345 g/mol. The molecule has 0 aliphatic heterocycles. The Morgan fingerprint density at radius 2 is 1.77 bits per heavy atom. The number of carbonyl (C=O) groups is 1. The maximum absolute atomic E-state index is 12.3. The van der Waals surface area contributed by atoms with Crippen molar-refractivity contribution in [2.45, 2.75) is 0 Å². The van der Waals surface area contributed by atoms with Crippen LogP contribution in [0.3, 0.4) is 0 Å². The normalized spacial score (nSPS) is 10.4. The van der Waals surface area contributed by atoms with Crippen LogP contribution in [-0.2, 0) is 0 Å². The fourth-order valence-electron chi connectivity index (χ4n) is 1.92. The number of benzene rings is 2. The predicted molar refractivity (Wildman–Crippen MR) is 94.6 cm³/mol. The van der Waals surface area contributed by atoms with E-state index in [1.165, 1.54) is 6.07 Å². The van der Waals surface area contributed by atoms with E-state index in [-0.39, 0.29) is 5.56 Å². The van der Waals surface area contributed by atoms with Crippen LogP contribution >= 0.6 is 34.8 Å². The first-order valence-electron chi connectivity index (χ1n) is 6.32. The predicted octanol–water partition coefficient (Wildman–Crippen LogP) is 4.55. The van der Waals surface area contributed by atoms with E-state index in [9.17, 15) is 4.79 Å². The highest BCUT2D eigenvalue weighted by atomic mass is 35.5. The Balaban J connectivity index is 2.36. The number of nitrogens with two attached hydrogens (primary N) is 1. The molecule has 0 aliphatic carbocycles. The van der Waals surface area contributed by atoms with Gasteiger partial charge in [0, 0.05) is 19.1 Å². The van der Waals surface area contributed by atoms with Crippen LogP contribution in [0.1, 0.15) is 10.4 Å². The molecule has 2 rings (SSSR count). The third kappa shape index (κ3) is 3.58. The summed E-state index contributed by atoms with van der Waals surface area (Å²) in [5.74, 6) is -0.399. The molecule has 3 N–H and O–H groups in total. The van der Waals surface area contributed by atoms with Gasteiger partial charge in [-0.3, -0.25) is 4.79 Å². The largest absolute Gasteiger partial charge is 0.397 e. The number of amides is 1. The molecule has 0 bridgehead atoms. The number of anilines is 3. The molecular formula is C15H14Cl3N3O. The molecule has 4 nitrogen and oxygen atoms in total. The fraction of sp³-hybridized carbons (Fsp3) is 0.133. The van der Waals surface area contributed by atoms with E-state index in [2.05, 4.69) is 5.32 Å². The first-order chi connectivity index (χ1) is 10.3. The van der Waals surface area contributed by atoms with Gasteiger partial charge < -0.3 is 16.0 Å². The van der Waals surface area contributed by atoms with Crippen LogP contribution in [0.5, 0.6) is 0 Å². The minimum Gasteiger partial charge on any atom is -0.397 e. The van der Waals surface area contributed by atoms with E-state index in [1.54, 1.807) is 24.3 Å². The number of hydrogen-bond acceptors (Lipinski definition) is 3. The van der Waals surface area contributed by atoms with Crippen molar-refractivity contribution in [3.05, 3.63) is 51.0 Å². The summed E-state index contributed by atoms with van der Waals surface area (Å²) < 4.78 is 0. The molecule has 22 heavy (non-hydrogen) atoms. The first kappa shape index (κ1) is 16.7. The minimum absolute atomic E-state index is 0.272. The third-order valence-electron chi connectivity index (χ3n) is 3.02. The Morgan fingerprint density at radius 1 is 1.09 bits per heavy atom. The zero-order valence-electron chi connectivity index (χ0n) is 12.0. The van der Waals surface area contributed by atoms with Gasteiger partial charge in [0.25, 0.3) is 5.91 Å². The van der Waals surface area contributed by atoms with Crippen molar-refractivity contribution in [3.8, 4) is 0 Å². The highest BCUT2D eigenvalue weighted by molar-refractivity contribution is 6.37. The van der Waals surface area contributed by atoms with Crippen molar-refractivity contribution in [1.82, 2.24) is 0 Å². The average Bonchev–Trinajstić information content (AvgIpc) is 2.43. The Bertz CT molecular complexity index is 732. The van der Waals surface area contributed by atoms with Gasteiger partial charge in [0.2, 0.25) is 0 Å². The van der Waals surface area contributed by atoms with Crippen LogP contribution < -0.4 is 16.0 Å². The molecule has 2 aromatic rings. The highest BCUT2D eigenvalue weighted by Gasteiger charge is 2.15. The average molecular weight is 359 g/mol. The number of halogens is 3. The van der Waals surface area contributed by atoms with E-state index >= 15 is 0 Å². The second kappa shape index (κ2) is 6.65. The molecule has 0 aromatic heterocycles. The van der Waals surface area contributed by atoms with Gasteiger partial charge in [-0.1, -0.05) is 34.8 Å². The van der Waals surface area contributed by atoms with Gasteiger partial charge in [-0.25, -0.2) is 0 Å². The summed E-state index contributed by atoms with van der Waals surface area (Å²) in [4.78, 5) is 14.2. The molecule has 0 fully saturated rings. The third-order valence-corrected chi connectivity index (χ3v) is 3.90. The maximum atomic E-state index is 12.3. The second-order valence-electron chi connectivity index (χ2n) is 4.86. The number of rotatable bonds is 3. The summed E-state index contributed by atoms with van der Waals surface area (Å²) >= 11 is 18.1. The molecule has 7 heteroatoms. The smallest absolute Gasteiger partial charge is 0.257 e. The quantitative estimate of drug-likeness (QED) is 0.792. The molecule has 0 saturated heterocycles. The fourth-order valence-corrected chi connectivity index (χ4v) is 2.52. The van der Waals surface area contributed by atoms with E-state index in [0.717, 1.165) is 5.69 Å². The molecule has 0 saturated carbocycles. The molecule has 116 valence electrons. The van der Waals surface area contributed by atoms with Gasteiger partial charge in [-0.15, -0.1) is 0 Å². The Hall–Kier alpha value is -1.62. The lowest BCUT2D eigenvalue weighted by Gasteiger charge is -2.18. The maximum Gasteiger partial charge on any atom is 0.257 e. The first-order valence-corrected chi connectivity index (χ1v) is 7.45. The topological polar surface area (TPSA) is 58.4 Å². The molecule has 0 radical (unpaired) electrons. The van der Waals surface area contributed by atoms with Crippen molar-refractivity contribution >= 4 is 57.8 Å². The Labute approximate surface area is 143 Å². The highest BCUT2D eigenvalue weighted by Crippen LogP contribution is 2.33. The van der Waals surface area contributed by atoms with Gasteiger partial charge in [-0.05, 0) is 30.3 Å². The zero-order chi connectivity index (χ0) is 16.4. The second-order valence-corrected chi connectivity index (χ2v) is 6.11. The molecule has 0 spiro atoms. The molecule has 0 heterocycles. The number of nitrogens with one attached hydrogen (secondary N) is 1. The van der Waals surface area contributed by atoms with Gasteiger partial charge in [0.1, 0.15) is 0 Å². The SMILES string of the molecule is CN(C)c1cc(NC(=O)c2cc(Cl)ccc2Cl)c(Cl)cc1N. The summed E-state index contributed by atoms with van der Waals surface area (Å²) in [6.45, 7) is 0. The van der Waals surface area contributed by atoms with E-state index in [4.69, 9.17) is 40.5 Å². The van der Waals surface area contributed by atoms with Crippen molar-refractivity contribution < 1.29 is 4.79 Å². The standard InChI is InChI=1S/C15H14Cl3N3O/c1-21(2)14-7-13(11(18)6-12(14)19)20-15(22)9-5-8(16)3-4-10(9)17/h3-7H,19H2,1-2H3,(H,20,22). The van der Waals surface area contributed by atoms with Crippen molar-refractivity contribution in [1.29, 1.82) is 0 Å². The number of nitrogens with zero attached hydrogens (tertiary/aromatic N) is 1. The summed E-state index contributed by atoms with van der Waals surface area (Å²) in [6, 6.07) is 7.97. The molecule has 2 aromatic carbocycles. The van der Waals surface area contributed by atoms with Crippen LogP contribution in [0, 0.1) is 0 Å².